The summed E-state index contributed by atoms with van der Waals surface area (Å²) in [5.41, 5.74) is 2.34. The summed E-state index contributed by atoms with van der Waals surface area (Å²) >= 11 is 0. The van der Waals surface area contributed by atoms with Crippen molar-refractivity contribution >= 4 is 22.8 Å². The van der Waals surface area contributed by atoms with E-state index in [-0.39, 0.29) is 23.9 Å². The number of benzene rings is 2. The molecule has 6 rings (SSSR count). The van der Waals surface area contributed by atoms with Crippen molar-refractivity contribution < 1.29 is 14.3 Å². The Hall–Kier alpha value is -3.32. The van der Waals surface area contributed by atoms with Crippen LogP contribution in [0.15, 0.2) is 60.9 Å². The fraction of sp³-hybridized carbons (Fsp3) is 0.304. The molecule has 150 valence electrons. The summed E-state index contributed by atoms with van der Waals surface area (Å²) in [4.78, 5) is 38.7. The Morgan fingerprint density at radius 1 is 1.07 bits per heavy atom. The summed E-state index contributed by atoms with van der Waals surface area (Å²) in [5.74, 6) is -0.0425. The van der Waals surface area contributed by atoms with Gasteiger partial charge >= 0.3 is 0 Å². The SMILES string of the molecule is O=C(c1ccc2nccnc2c1)N1CC[C@@]23OC[C@@H](c4ccccc4)N2C(=O)C[C@@H]13. The first-order chi connectivity index (χ1) is 14.7. The van der Waals surface area contributed by atoms with Crippen LogP contribution in [0.4, 0.5) is 0 Å². The van der Waals surface area contributed by atoms with Crippen molar-refractivity contribution in [3.63, 3.8) is 0 Å². The lowest BCUT2D eigenvalue weighted by Crippen LogP contribution is -2.49. The molecule has 3 fully saturated rings. The predicted molar refractivity (Wildman–Crippen MR) is 108 cm³/mol. The van der Waals surface area contributed by atoms with Gasteiger partial charge in [-0.3, -0.25) is 19.6 Å². The molecule has 3 saturated heterocycles. The van der Waals surface area contributed by atoms with Gasteiger partial charge < -0.3 is 14.5 Å². The van der Waals surface area contributed by atoms with E-state index in [1.165, 1.54) is 0 Å². The number of nitrogens with zero attached hydrogens (tertiary/aromatic N) is 4. The lowest BCUT2D eigenvalue weighted by Gasteiger charge is -2.33. The normalized spacial score (nSPS) is 27.5. The molecule has 2 aromatic carbocycles. The van der Waals surface area contributed by atoms with E-state index in [0.29, 0.717) is 37.1 Å². The fourth-order valence-electron chi connectivity index (χ4n) is 5.27. The van der Waals surface area contributed by atoms with E-state index in [1.54, 1.807) is 24.5 Å². The second-order valence-corrected chi connectivity index (χ2v) is 8.07. The number of aromatic nitrogens is 2. The molecule has 3 atom stereocenters. The number of fused-ring (bicyclic) bond motifs is 1. The van der Waals surface area contributed by atoms with Crippen LogP contribution in [-0.2, 0) is 9.53 Å². The van der Waals surface area contributed by atoms with Gasteiger partial charge in [0.15, 0.2) is 5.72 Å². The molecular weight excluding hydrogens is 380 g/mol. The van der Waals surface area contributed by atoms with Crippen LogP contribution in [0.3, 0.4) is 0 Å². The Morgan fingerprint density at radius 2 is 1.87 bits per heavy atom. The van der Waals surface area contributed by atoms with E-state index in [1.807, 2.05) is 46.2 Å². The zero-order chi connectivity index (χ0) is 20.3. The predicted octanol–water partition coefficient (Wildman–Crippen LogP) is 2.54. The van der Waals surface area contributed by atoms with Crippen molar-refractivity contribution in [3.8, 4) is 0 Å². The van der Waals surface area contributed by atoms with Crippen molar-refractivity contribution in [1.82, 2.24) is 19.8 Å². The first-order valence-corrected chi connectivity index (χ1v) is 10.2. The maximum absolute atomic E-state index is 13.4. The number of carbonyl (C=O) groups is 2. The van der Waals surface area contributed by atoms with E-state index in [4.69, 9.17) is 4.74 Å². The fourth-order valence-corrected chi connectivity index (χ4v) is 5.27. The van der Waals surface area contributed by atoms with Gasteiger partial charge in [-0.2, -0.15) is 0 Å². The third-order valence-corrected chi connectivity index (χ3v) is 6.62. The van der Waals surface area contributed by atoms with E-state index in [9.17, 15) is 9.59 Å². The van der Waals surface area contributed by atoms with E-state index in [2.05, 4.69) is 9.97 Å². The van der Waals surface area contributed by atoms with Gasteiger partial charge in [0, 0.05) is 30.9 Å². The maximum atomic E-state index is 13.4. The summed E-state index contributed by atoms with van der Waals surface area (Å²) in [6.07, 6.45) is 4.17. The molecule has 0 radical (unpaired) electrons. The third kappa shape index (κ3) is 2.35. The van der Waals surface area contributed by atoms with Gasteiger partial charge in [-0.1, -0.05) is 30.3 Å². The van der Waals surface area contributed by atoms with Crippen LogP contribution in [-0.4, -0.2) is 56.5 Å². The Morgan fingerprint density at radius 3 is 2.70 bits per heavy atom. The largest absolute Gasteiger partial charge is 0.351 e. The van der Waals surface area contributed by atoms with E-state index >= 15 is 0 Å². The second kappa shape index (κ2) is 6.34. The Balaban J connectivity index is 1.32. The van der Waals surface area contributed by atoms with Gasteiger partial charge in [0.25, 0.3) is 5.91 Å². The molecule has 0 aliphatic carbocycles. The van der Waals surface area contributed by atoms with Gasteiger partial charge in [-0.15, -0.1) is 0 Å². The van der Waals surface area contributed by atoms with E-state index in [0.717, 1.165) is 11.1 Å². The van der Waals surface area contributed by atoms with Gasteiger partial charge in [-0.05, 0) is 23.8 Å². The lowest BCUT2D eigenvalue weighted by molar-refractivity contribution is -0.138. The molecular formula is C23H20N4O3. The van der Waals surface area contributed by atoms with Gasteiger partial charge in [0.05, 0.1) is 36.1 Å². The minimum Gasteiger partial charge on any atom is -0.351 e. The van der Waals surface area contributed by atoms with Crippen LogP contribution < -0.4 is 0 Å². The molecule has 3 aliphatic rings. The van der Waals surface area contributed by atoms with Crippen LogP contribution in [0.1, 0.15) is 34.8 Å². The van der Waals surface area contributed by atoms with Crippen LogP contribution >= 0.6 is 0 Å². The molecule has 2 amide bonds. The molecule has 4 heterocycles. The molecule has 0 bridgehead atoms. The zero-order valence-electron chi connectivity index (χ0n) is 16.3. The molecule has 0 unspecified atom stereocenters. The summed E-state index contributed by atoms with van der Waals surface area (Å²) in [7, 11) is 0. The number of ether oxygens (including phenoxy) is 1. The summed E-state index contributed by atoms with van der Waals surface area (Å²) < 4.78 is 6.30. The Bertz CT molecular complexity index is 1170. The highest BCUT2D eigenvalue weighted by Gasteiger charge is 2.65. The number of hydrogen-bond acceptors (Lipinski definition) is 5. The highest BCUT2D eigenvalue weighted by atomic mass is 16.5. The summed E-state index contributed by atoms with van der Waals surface area (Å²) in [6.45, 7) is 1.02. The second-order valence-electron chi connectivity index (χ2n) is 8.07. The van der Waals surface area contributed by atoms with Crippen molar-refractivity contribution in [1.29, 1.82) is 0 Å². The van der Waals surface area contributed by atoms with Crippen molar-refractivity contribution in [2.24, 2.45) is 0 Å². The first kappa shape index (κ1) is 17.5. The average molecular weight is 400 g/mol. The van der Waals surface area contributed by atoms with Crippen LogP contribution in [0.25, 0.3) is 11.0 Å². The van der Waals surface area contributed by atoms with Gasteiger partial charge in [0.1, 0.15) is 0 Å². The molecule has 1 aromatic heterocycles. The Kier molecular flexibility index (Phi) is 3.70. The number of amides is 2. The average Bonchev–Trinajstić information content (AvgIpc) is 3.42. The van der Waals surface area contributed by atoms with E-state index < -0.39 is 5.72 Å². The van der Waals surface area contributed by atoms with Gasteiger partial charge in [0.2, 0.25) is 5.91 Å². The summed E-state index contributed by atoms with van der Waals surface area (Å²) in [5, 5.41) is 0. The van der Waals surface area contributed by atoms with Crippen molar-refractivity contribution in [2.75, 3.05) is 13.2 Å². The number of hydrogen-bond donors (Lipinski definition) is 0. The first-order valence-electron chi connectivity index (χ1n) is 10.2. The monoisotopic (exact) mass is 400 g/mol. The molecule has 0 saturated carbocycles. The topological polar surface area (TPSA) is 75.6 Å². The zero-order valence-corrected chi connectivity index (χ0v) is 16.3. The molecule has 3 aliphatic heterocycles. The van der Waals surface area contributed by atoms with Crippen molar-refractivity contribution in [3.05, 3.63) is 72.1 Å². The molecule has 30 heavy (non-hydrogen) atoms. The number of likely N-dealkylation sites (tertiary alicyclic amines) is 1. The van der Waals surface area contributed by atoms with Crippen molar-refractivity contribution in [2.45, 2.75) is 30.7 Å². The van der Waals surface area contributed by atoms with Crippen LogP contribution in [0.5, 0.6) is 0 Å². The third-order valence-electron chi connectivity index (χ3n) is 6.62. The summed E-state index contributed by atoms with van der Waals surface area (Å²) in [6, 6.07) is 15.0. The number of carbonyl (C=O) groups excluding carboxylic acids is 2. The lowest BCUT2D eigenvalue weighted by atomic mass is 10.0. The maximum Gasteiger partial charge on any atom is 0.254 e. The number of rotatable bonds is 2. The van der Waals surface area contributed by atoms with Crippen LogP contribution in [0, 0.1) is 0 Å². The van der Waals surface area contributed by atoms with Gasteiger partial charge in [-0.25, -0.2) is 0 Å². The smallest absolute Gasteiger partial charge is 0.254 e. The molecule has 7 heteroatoms. The molecule has 3 aromatic rings. The standard InChI is InChI=1S/C23H20N4O3/c28-21-13-20-23(27(21)19(14-30-23)15-4-2-1-3-5-15)8-11-26(20)22(29)16-6-7-17-18(12-16)25-10-9-24-17/h1-7,9-10,12,19-20H,8,11,13-14H2/t19-,20+,23-/m0/s1. The Labute approximate surface area is 173 Å². The molecule has 1 spiro atoms. The van der Waals surface area contributed by atoms with Crippen LogP contribution in [0.2, 0.25) is 0 Å². The highest BCUT2D eigenvalue weighted by molar-refractivity contribution is 5.98. The quantitative estimate of drug-likeness (QED) is 0.661. The molecule has 0 N–H and O–H groups in total. The molecule has 7 nitrogen and oxygen atoms in total. The highest BCUT2D eigenvalue weighted by Crippen LogP contribution is 2.51. The minimum atomic E-state index is -0.718. The minimum absolute atomic E-state index is 0.0493.